The number of carboxylic acids is 1. The Bertz CT molecular complexity index is 417. The molecule has 1 atom stereocenters. The van der Waals surface area contributed by atoms with Gasteiger partial charge in [-0.25, -0.2) is 9.59 Å². The normalized spacial score (nSPS) is 11.9. The lowest BCUT2D eigenvalue weighted by atomic mass is 10.2. The summed E-state index contributed by atoms with van der Waals surface area (Å²) in [6.07, 6.45) is 2.60. The summed E-state index contributed by atoms with van der Waals surface area (Å²) in [4.78, 5) is 22.3. The molecule has 0 unspecified atom stereocenters. The van der Waals surface area contributed by atoms with Gasteiger partial charge in [-0.05, 0) is 6.42 Å². The van der Waals surface area contributed by atoms with Crippen molar-refractivity contribution in [2.75, 3.05) is 0 Å². The first-order valence-corrected chi connectivity index (χ1v) is 5.64. The topological polar surface area (TPSA) is 109 Å². The summed E-state index contributed by atoms with van der Waals surface area (Å²) in [6.45, 7) is 2.05. The Morgan fingerprint density at radius 2 is 2.28 bits per heavy atom. The molecule has 8 heteroatoms. The molecule has 0 aliphatic heterocycles. The van der Waals surface area contributed by atoms with Gasteiger partial charge in [-0.15, -0.1) is 10.2 Å². The second-order valence-electron chi connectivity index (χ2n) is 3.86. The lowest BCUT2D eigenvalue weighted by Crippen LogP contribution is -2.45. The van der Waals surface area contributed by atoms with Crippen molar-refractivity contribution in [2.45, 2.75) is 32.4 Å². The van der Waals surface area contributed by atoms with Gasteiger partial charge in [0.2, 0.25) is 0 Å². The van der Waals surface area contributed by atoms with Crippen molar-refractivity contribution < 1.29 is 14.7 Å². The smallest absolute Gasteiger partial charge is 0.326 e. The molecular weight excluding hydrogens is 238 g/mol. The van der Waals surface area contributed by atoms with Crippen LogP contribution in [0.3, 0.4) is 0 Å². The van der Waals surface area contributed by atoms with Gasteiger partial charge in [0.15, 0.2) is 5.82 Å². The fraction of sp³-hybridized carbons (Fsp3) is 0.600. The predicted molar refractivity (Wildman–Crippen MR) is 62.7 cm³/mol. The zero-order chi connectivity index (χ0) is 13.5. The van der Waals surface area contributed by atoms with E-state index in [-0.39, 0.29) is 6.54 Å². The van der Waals surface area contributed by atoms with Gasteiger partial charge in [0.25, 0.3) is 0 Å². The van der Waals surface area contributed by atoms with Crippen LogP contribution in [0.25, 0.3) is 0 Å². The number of amides is 2. The van der Waals surface area contributed by atoms with Crippen molar-refractivity contribution in [2.24, 2.45) is 7.05 Å². The van der Waals surface area contributed by atoms with E-state index in [1.807, 2.05) is 6.92 Å². The summed E-state index contributed by atoms with van der Waals surface area (Å²) in [6, 6.07) is -1.40. The number of carbonyl (C=O) groups is 2. The third kappa shape index (κ3) is 4.04. The maximum absolute atomic E-state index is 11.5. The second-order valence-corrected chi connectivity index (χ2v) is 3.86. The van der Waals surface area contributed by atoms with Crippen LogP contribution in [-0.4, -0.2) is 37.9 Å². The molecule has 2 amide bonds. The Hall–Kier alpha value is -2.12. The lowest BCUT2D eigenvalue weighted by molar-refractivity contribution is -0.139. The number of urea groups is 1. The Morgan fingerprint density at radius 1 is 1.56 bits per heavy atom. The molecule has 0 aliphatic rings. The molecule has 8 nitrogen and oxygen atoms in total. The van der Waals surface area contributed by atoms with Crippen molar-refractivity contribution in [3.63, 3.8) is 0 Å². The highest BCUT2D eigenvalue weighted by Gasteiger charge is 2.18. The van der Waals surface area contributed by atoms with E-state index < -0.39 is 18.0 Å². The quantitative estimate of drug-likeness (QED) is 0.656. The van der Waals surface area contributed by atoms with Crippen LogP contribution in [0.1, 0.15) is 25.6 Å². The fourth-order valence-electron chi connectivity index (χ4n) is 1.38. The van der Waals surface area contributed by atoms with Crippen LogP contribution in [0, 0.1) is 0 Å². The number of aryl methyl sites for hydroxylation is 1. The van der Waals surface area contributed by atoms with Gasteiger partial charge >= 0.3 is 12.0 Å². The molecule has 0 aromatic carbocycles. The summed E-state index contributed by atoms with van der Waals surface area (Å²) in [5.74, 6) is -0.446. The van der Waals surface area contributed by atoms with Crippen molar-refractivity contribution in [1.29, 1.82) is 0 Å². The maximum atomic E-state index is 11.5. The van der Waals surface area contributed by atoms with Crippen LogP contribution in [0.15, 0.2) is 6.33 Å². The predicted octanol–water partition coefficient (Wildman–Crippen LogP) is -0.132. The van der Waals surface area contributed by atoms with E-state index in [9.17, 15) is 9.59 Å². The number of hydrogen-bond donors (Lipinski definition) is 3. The van der Waals surface area contributed by atoms with E-state index in [1.165, 1.54) is 6.33 Å². The number of hydrogen-bond acceptors (Lipinski definition) is 4. The minimum atomic E-state index is -1.04. The first-order chi connectivity index (χ1) is 8.54. The SMILES string of the molecule is CCC[C@@H](NC(=O)NCc1nncn1C)C(=O)O. The Balaban J connectivity index is 2.41. The van der Waals surface area contributed by atoms with Crippen molar-refractivity contribution in [3.05, 3.63) is 12.2 Å². The first kappa shape index (κ1) is 13.9. The van der Waals surface area contributed by atoms with Gasteiger partial charge < -0.3 is 20.3 Å². The Morgan fingerprint density at radius 3 is 2.78 bits per heavy atom. The van der Waals surface area contributed by atoms with Crippen molar-refractivity contribution in [3.8, 4) is 0 Å². The van der Waals surface area contributed by atoms with Crippen molar-refractivity contribution >= 4 is 12.0 Å². The molecule has 100 valence electrons. The highest BCUT2D eigenvalue weighted by atomic mass is 16.4. The highest BCUT2D eigenvalue weighted by Crippen LogP contribution is 1.97. The third-order valence-corrected chi connectivity index (χ3v) is 2.39. The minimum Gasteiger partial charge on any atom is -0.480 e. The average Bonchev–Trinajstić information content (AvgIpc) is 2.71. The summed E-state index contributed by atoms with van der Waals surface area (Å²) in [7, 11) is 1.76. The molecule has 3 N–H and O–H groups in total. The largest absolute Gasteiger partial charge is 0.480 e. The molecular formula is C10H17N5O3. The zero-order valence-electron chi connectivity index (χ0n) is 10.4. The Kier molecular flexibility index (Phi) is 5.09. The number of aromatic nitrogens is 3. The molecule has 0 saturated carbocycles. The number of nitrogens with one attached hydrogen (secondary N) is 2. The number of nitrogens with zero attached hydrogens (tertiary/aromatic N) is 3. The second kappa shape index (κ2) is 6.58. The molecule has 18 heavy (non-hydrogen) atoms. The van der Waals surface area contributed by atoms with Gasteiger partial charge in [0.05, 0.1) is 6.54 Å². The van der Waals surface area contributed by atoms with Crippen LogP contribution in [0.4, 0.5) is 4.79 Å². The molecule has 0 fully saturated rings. The van der Waals surface area contributed by atoms with Crippen LogP contribution in [0.5, 0.6) is 0 Å². The van der Waals surface area contributed by atoms with Gasteiger partial charge in [-0.3, -0.25) is 0 Å². The Labute approximate surface area is 104 Å². The number of carboxylic acid groups (broad SMARTS) is 1. The molecule has 1 heterocycles. The highest BCUT2D eigenvalue weighted by molar-refractivity contribution is 5.82. The molecule has 1 rings (SSSR count). The van der Waals surface area contributed by atoms with E-state index in [2.05, 4.69) is 20.8 Å². The standard InChI is InChI=1S/C10H17N5O3/c1-3-4-7(9(16)17)13-10(18)11-5-8-14-12-6-15(8)2/h6-7H,3-5H2,1-2H3,(H,16,17)(H2,11,13,18)/t7-/m1/s1. The summed E-state index contributed by atoms with van der Waals surface area (Å²) >= 11 is 0. The van der Waals surface area contributed by atoms with Gasteiger partial charge in [0.1, 0.15) is 12.4 Å². The summed E-state index contributed by atoms with van der Waals surface area (Å²) in [5.41, 5.74) is 0. The number of rotatable bonds is 6. The maximum Gasteiger partial charge on any atom is 0.326 e. The van der Waals surface area contributed by atoms with Crippen LogP contribution >= 0.6 is 0 Å². The van der Waals surface area contributed by atoms with Gasteiger partial charge in [-0.1, -0.05) is 13.3 Å². The van der Waals surface area contributed by atoms with Gasteiger partial charge in [0, 0.05) is 7.05 Å². The molecule has 0 spiro atoms. The monoisotopic (exact) mass is 255 g/mol. The fourth-order valence-corrected chi connectivity index (χ4v) is 1.38. The van der Waals surface area contributed by atoms with E-state index in [0.29, 0.717) is 18.7 Å². The van der Waals surface area contributed by atoms with E-state index >= 15 is 0 Å². The molecule has 0 saturated heterocycles. The summed E-state index contributed by atoms with van der Waals surface area (Å²) in [5, 5.41) is 21.3. The molecule has 1 aromatic rings. The van der Waals surface area contributed by atoms with Gasteiger partial charge in [-0.2, -0.15) is 0 Å². The molecule has 1 aromatic heterocycles. The zero-order valence-corrected chi connectivity index (χ0v) is 10.4. The minimum absolute atomic E-state index is 0.195. The van der Waals surface area contributed by atoms with E-state index in [0.717, 1.165) is 0 Å². The molecule has 0 aliphatic carbocycles. The molecule has 0 bridgehead atoms. The first-order valence-electron chi connectivity index (χ1n) is 5.64. The van der Waals surface area contributed by atoms with Crippen LogP contribution in [-0.2, 0) is 18.4 Å². The summed E-state index contributed by atoms with van der Waals surface area (Å²) < 4.78 is 1.67. The van der Waals surface area contributed by atoms with Crippen molar-refractivity contribution in [1.82, 2.24) is 25.4 Å². The lowest BCUT2D eigenvalue weighted by Gasteiger charge is -2.13. The molecule has 0 radical (unpaired) electrons. The average molecular weight is 255 g/mol. The van der Waals surface area contributed by atoms with Crippen LogP contribution in [0.2, 0.25) is 0 Å². The number of aliphatic carboxylic acids is 1. The van der Waals surface area contributed by atoms with E-state index in [1.54, 1.807) is 11.6 Å². The number of carbonyl (C=O) groups excluding carboxylic acids is 1. The third-order valence-electron chi connectivity index (χ3n) is 2.39. The van der Waals surface area contributed by atoms with E-state index in [4.69, 9.17) is 5.11 Å². The van der Waals surface area contributed by atoms with Crippen LogP contribution < -0.4 is 10.6 Å².